The summed E-state index contributed by atoms with van der Waals surface area (Å²) in [5.41, 5.74) is 0. The molecule has 15 heavy (non-hydrogen) atoms. The Morgan fingerprint density at radius 1 is 1.60 bits per heavy atom. The summed E-state index contributed by atoms with van der Waals surface area (Å²) in [7, 11) is 1.68. The minimum atomic E-state index is -0.361. The SMILES string of the molecule is CC(C)C(C#N)N(C)C(=O)c1cccs1. The van der Waals surface area contributed by atoms with Crippen LogP contribution in [0.4, 0.5) is 0 Å². The van der Waals surface area contributed by atoms with E-state index in [2.05, 4.69) is 6.07 Å². The zero-order chi connectivity index (χ0) is 11.4. The lowest BCUT2D eigenvalue weighted by Crippen LogP contribution is -2.39. The van der Waals surface area contributed by atoms with Crippen LogP contribution in [0.15, 0.2) is 17.5 Å². The van der Waals surface area contributed by atoms with Crippen LogP contribution in [-0.4, -0.2) is 23.9 Å². The van der Waals surface area contributed by atoms with E-state index in [9.17, 15) is 4.79 Å². The highest BCUT2D eigenvalue weighted by Gasteiger charge is 2.23. The molecule has 0 bridgehead atoms. The first kappa shape index (κ1) is 11.7. The van der Waals surface area contributed by atoms with Gasteiger partial charge in [-0.25, -0.2) is 0 Å². The average molecular weight is 222 g/mol. The summed E-state index contributed by atoms with van der Waals surface area (Å²) < 4.78 is 0. The minimum absolute atomic E-state index is 0.0785. The molecule has 1 heterocycles. The van der Waals surface area contributed by atoms with Gasteiger partial charge in [-0.15, -0.1) is 11.3 Å². The van der Waals surface area contributed by atoms with Crippen molar-refractivity contribution in [3.63, 3.8) is 0 Å². The van der Waals surface area contributed by atoms with Crippen molar-refractivity contribution in [1.29, 1.82) is 5.26 Å². The normalized spacial score (nSPS) is 12.2. The number of nitrogens with zero attached hydrogens (tertiary/aromatic N) is 2. The van der Waals surface area contributed by atoms with E-state index in [-0.39, 0.29) is 17.9 Å². The Kier molecular flexibility index (Phi) is 3.87. The molecule has 1 rings (SSSR count). The number of hydrogen-bond acceptors (Lipinski definition) is 3. The number of amides is 1. The second kappa shape index (κ2) is 4.94. The molecule has 0 saturated carbocycles. The van der Waals surface area contributed by atoms with Crippen LogP contribution >= 0.6 is 11.3 Å². The quantitative estimate of drug-likeness (QED) is 0.788. The lowest BCUT2D eigenvalue weighted by molar-refractivity contribution is 0.0741. The predicted molar refractivity (Wildman–Crippen MR) is 60.7 cm³/mol. The van der Waals surface area contributed by atoms with Gasteiger partial charge < -0.3 is 4.90 Å². The fourth-order valence-electron chi connectivity index (χ4n) is 1.38. The molecule has 0 aliphatic heterocycles. The van der Waals surface area contributed by atoms with Crippen molar-refractivity contribution < 1.29 is 4.79 Å². The van der Waals surface area contributed by atoms with E-state index >= 15 is 0 Å². The van der Waals surface area contributed by atoms with Crippen LogP contribution in [0.25, 0.3) is 0 Å². The third-order valence-electron chi connectivity index (χ3n) is 2.23. The van der Waals surface area contributed by atoms with E-state index in [0.717, 1.165) is 0 Å². The van der Waals surface area contributed by atoms with Gasteiger partial charge >= 0.3 is 0 Å². The first-order valence-electron chi connectivity index (χ1n) is 4.78. The third kappa shape index (κ3) is 2.57. The Labute approximate surface area is 93.9 Å². The number of carbonyl (C=O) groups excluding carboxylic acids is 1. The van der Waals surface area contributed by atoms with Crippen LogP contribution in [0, 0.1) is 17.2 Å². The number of rotatable bonds is 3. The summed E-state index contributed by atoms with van der Waals surface area (Å²) in [5.74, 6) is 0.0640. The second-order valence-electron chi connectivity index (χ2n) is 3.71. The molecule has 1 atom stereocenters. The maximum absolute atomic E-state index is 11.9. The van der Waals surface area contributed by atoms with E-state index in [4.69, 9.17) is 5.26 Å². The van der Waals surface area contributed by atoms with Gasteiger partial charge in [-0.1, -0.05) is 19.9 Å². The maximum atomic E-state index is 11.9. The molecule has 1 aromatic rings. The van der Waals surface area contributed by atoms with Crippen molar-refractivity contribution in [3.05, 3.63) is 22.4 Å². The van der Waals surface area contributed by atoms with Crippen molar-refractivity contribution in [2.45, 2.75) is 19.9 Å². The topological polar surface area (TPSA) is 44.1 Å². The molecule has 0 fully saturated rings. The van der Waals surface area contributed by atoms with Gasteiger partial charge in [-0.3, -0.25) is 4.79 Å². The van der Waals surface area contributed by atoms with Crippen LogP contribution < -0.4 is 0 Å². The first-order valence-corrected chi connectivity index (χ1v) is 5.66. The average Bonchev–Trinajstić information content (AvgIpc) is 2.69. The smallest absolute Gasteiger partial charge is 0.264 e. The molecule has 0 spiro atoms. The molecule has 0 aliphatic carbocycles. The molecule has 1 amide bonds. The van der Waals surface area contributed by atoms with Crippen molar-refractivity contribution in [2.75, 3.05) is 7.05 Å². The molecular formula is C11H14N2OS. The minimum Gasteiger partial charge on any atom is -0.325 e. The summed E-state index contributed by atoms with van der Waals surface area (Å²) >= 11 is 1.40. The fourth-order valence-corrected chi connectivity index (χ4v) is 2.09. The number of carbonyl (C=O) groups is 1. The van der Waals surface area contributed by atoms with Gasteiger partial charge in [-0.2, -0.15) is 5.26 Å². The largest absolute Gasteiger partial charge is 0.325 e. The molecule has 3 nitrogen and oxygen atoms in total. The van der Waals surface area contributed by atoms with Crippen molar-refractivity contribution in [3.8, 4) is 6.07 Å². The zero-order valence-electron chi connectivity index (χ0n) is 9.10. The number of nitriles is 1. The maximum Gasteiger partial charge on any atom is 0.264 e. The van der Waals surface area contributed by atoms with Gasteiger partial charge in [0.2, 0.25) is 0 Å². The van der Waals surface area contributed by atoms with E-state index in [1.54, 1.807) is 13.1 Å². The Balaban J connectivity index is 2.81. The molecule has 1 aromatic heterocycles. The molecule has 4 heteroatoms. The summed E-state index contributed by atoms with van der Waals surface area (Å²) in [6.07, 6.45) is 0. The molecule has 0 N–H and O–H groups in total. The zero-order valence-corrected chi connectivity index (χ0v) is 9.91. The Morgan fingerprint density at radius 3 is 2.67 bits per heavy atom. The van der Waals surface area contributed by atoms with Crippen molar-refractivity contribution >= 4 is 17.2 Å². The monoisotopic (exact) mass is 222 g/mol. The second-order valence-corrected chi connectivity index (χ2v) is 4.66. The van der Waals surface area contributed by atoms with Crippen molar-refractivity contribution in [2.24, 2.45) is 5.92 Å². The highest BCUT2D eigenvalue weighted by molar-refractivity contribution is 7.12. The summed E-state index contributed by atoms with van der Waals surface area (Å²) in [6.45, 7) is 3.87. The van der Waals surface area contributed by atoms with E-state index in [1.165, 1.54) is 16.2 Å². The first-order chi connectivity index (χ1) is 7.07. The summed E-state index contributed by atoms with van der Waals surface area (Å²) in [4.78, 5) is 14.1. The standard InChI is InChI=1S/C11H14N2OS/c1-8(2)9(7-12)13(3)11(14)10-5-4-6-15-10/h4-6,8-9H,1-3H3. The predicted octanol–water partition coefficient (Wildman–Crippen LogP) is 2.37. The fraction of sp³-hybridized carbons (Fsp3) is 0.455. The summed E-state index contributed by atoms with van der Waals surface area (Å²) in [6, 6.07) is 5.40. The highest BCUT2D eigenvalue weighted by atomic mass is 32.1. The van der Waals surface area contributed by atoms with Crippen LogP contribution in [0.2, 0.25) is 0 Å². The lowest BCUT2D eigenvalue weighted by Gasteiger charge is -2.24. The van der Waals surface area contributed by atoms with E-state index in [1.807, 2.05) is 25.3 Å². The van der Waals surface area contributed by atoms with Gasteiger partial charge in [0, 0.05) is 7.05 Å². The third-order valence-corrected chi connectivity index (χ3v) is 3.09. The Hall–Kier alpha value is -1.34. The van der Waals surface area contributed by atoms with Gasteiger partial charge in [0.1, 0.15) is 6.04 Å². The molecule has 0 aromatic carbocycles. The molecular weight excluding hydrogens is 208 g/mol. The molecule has 0 aliphatic rings. The van der Waals surface area contributed by atoms with E-state index in [0.29, 0.717) is 4.88 Å². The van der Waals surface area contributed by atoms with Gasteiger partial charge in [-0.05, 0) is 17.4 Å². The Morgan fingerprint density at radius 2 is 2.27 bits per heavy atom. The van der Waals surface area contributed by atoms with Crippen LogP contribution in [0.1, 0.15) is 23.5 Å². The highest BCUT2D eigenvalue weighted by Crippen LogP contribution is 2.15. The summed E-state index contributed by atoms with van der Waals surface area (Å²) in [5, 5.41) is 10.8. The molecule has 0 saturated heterocycles. The molecule has 1 unspecified atom stereocenters. The van der Waals surface area contributed by atoms with E-state index < -0.39 is 0 Å². The number of hydrogen-bond donors (Lipinski definition) is 0. The number of thiophene rings is 1. The lowest BCUT2D eigenvalue weighted by atomic mass is 10.0. The van der Waals surface area contributed by atoms with Gasteiger partial charge in [0.15, 0.2) is 0 Å². The van der Waals surface area contributed by atoms with Gasteiger partial charge in [0.05, 0.1) is 10.9 Å². The Bertz CT molecular complexity index is 364. The van der Waals surface area contributed by atoms with Crippen LogP contribution in [-0.2, 0) is 0 Å². The van der Waals surface area contributed by atoms with Gasteiger partial charge in [0.25, 0.3) is 5.91 Å². The van der Waals surface area contributed by atoms with Crippen LogP contribution in [0.5, 0.6) is 0 Å². The van der Waals surface area contributed by atoms with Crippen LogP contribution in [0.3, 0.4) is 0 Å². The molecule has 80 valence electrons. The van der Waals surface area contributed by atoms with Crippen molar-refractivity contribution in [1.82, 2.24) is 4.90 Å². The molecule has 0 radical (unpaired) electrons.